The fourth-order valence-electron chi connectivity index (χ4n) is 2.95. The van der Waals surface area contributed by atoms with E-state index in [0.29, 0.717) is 5.54 Å². The summed E-state index contributed by atoms with van der Waals surface area (Å²) in [5.41, 5.74) is 0.483. The van der Waals surface area contributed by atoms with E-state index in [1.54, 1.807) is 0 Å². The number of likely N-dealkylation sites (N-methyl/N-ethyl adjacent to an activating group) is 1. The monoisotopic (exact) mass is 196 g/mol. The largest absolute Gasteiger partial charge is 0.313 e. The number of hydrogen-bond acceptors (Lipinski definition) is 2. The van der Waals surface area contributed by atoms with Gasteiger partial charge >= 0.3 is 0 Å². The highest BCUT2D eigenvalue weighted by molar-refractivity contribution is 4.97. The van der Waals surface area contributed by atoms with E-state index in [1.165, 1.54) is 51.7 Å². The number of rotatable bonds is 3. The molecular weight excluding hydrogens is 172 g/mol. The maximum atomic E-state index is 3.54. The summed E-state index contributed by atoms with van der Waals surface area (Å²) in [7, 11) is 2.13. The van der Waals surface area contributed by atoms with Crippen LogP contribution in [0, 0.1) is 5.92 Å². The lowest BCUT2D eigenvalue weighted by Crippen LogP contribution is -2.57. The molecule has 82 valence electrons. The van der Waals surface area contributed by atoms with Crippen LogP contribution in [0.25, 0.3) is 0 Å². The number of likely N-dealkylation sites (tertiary alicyclic amines) is 1. The SMILES string of the molecule is CNC1(CN2CCCC(C)C2)CCC1. The average molecular weight is 196 g/mol. The highest BCUT2D eigenvalue weighted by atomic mass is 15.2. The predicted octanol–water partition coefficient (Wildman–Crippen LogP) is 1.86. The first-order valence-electron chi connectivity index (χ1n) is 6.15. The third kappa shape index (κ3) is 2.12. The van der Waals surface area contributed by atoms with Crippen molar-refractivity contribution in [3.8, 4) is 0 Å². The van der Waals surface area contributed by atoms with Crippen LogP contribution in [-0.4, -0.2) is 37.1 Å². The van der Waals surface area contributed by atoms with Crippen LogP contribution < -0.4 is 5.32 Å². The van der Waals surface area contributed by atoms with Gasteiger partial charge in [-0.15, -0.1) is 0 Å². The average Bonchev–Trinajstić information content (AvgIpc) is 2.11. The van der Waals surface area contributed by atoms with E-state index in [0.717, 1.165) is 5.92 Å². The van der Waals surface area contributed by atoms with E-state index in [-0.39, 0.29) is 0 Å². The molecule has 2 heteroatoms. The van der Waals surface area contributed by atoms with Crippen LogP contribution in [0.4, 0.5) is 0 Å². The molecule has 1 heterocycles. The van der Waals surface area contributed by atoms with Gasteiger partial charge in [-0.2, -0.15) is 0 Å². The van der Waals surface area contributed by atoms with Gasteiger partial charge in [0.25, 0.3) is 0 Å². The van der Waals surface area contributed by atoms with Crippen molar-refractivity contribution in [3.05, 3.63) is 0 Å². The van der Waals surface area contributed by atoms with Gasteiger partial charge in [-0.3, -0.25) is 0 Å². The molecule has 1 atom stereocenters. The first kappa shape index (κ1) is 10.4. The fourth-order valence-corrected chi connectivity index (χ4v) is 2.95. The van der Waals surface area contributed by atoms with Gasteiger partial charge in [-0.1, -0.05) is 6.92 Å². The molecule has 1 unspecified atom stereocenters. The lowest BCUT2D eigenvalue weighted by Gasteiger charge is -2.46. The van der Waals surface area contributed by atoms with E-state index in [9.17, 15) is 0 Å². The van der Waals surface area contributed by atoms with Crippen molar-refractivity contribution < 1.29 is 0 Å². The highest BCUT2D eigenvalue weighted by Gasteiger charge is 2.37. The van der Waals surface area contributed by atoms with Gasteiger partial charge in [0, 0.05) is 18.6 Å². The molecule has 2 rings (SSSR count). The summed E-state index contributed by atoms with van der Waals surface area (Å²) in [6, 6.07) is 0. The molecule has 0 aromatic heterocycles. The molecule has 1 saturated carbocycles. The summed E-state index contributed by atoms with van der Waals surface area (Å²) in [5, 5.41) is 3.54. The summed E-state index contributed by atoms with van der Waals surface area (Å²) in [4.78, 5) is 2.67. The highest BCUT2D eigenvalue weighted by Crippen LogP contribution is 2.33. The molecule has 14 heavy (non-hydrogen) atoms. The zero-order valence-corrected chi connectivity index (χ0v) is 9.68. The number of nitrogens with one attached hydrogen (secondary N) is 1. The smallest absolute Gasteiger partial charge is 0.0306 e. The third-order valence-electron chi connectivity index (χ3n) is 4.11. The van der Waals surface area contributed by atoms with E-state index < -0.39 is 0 Å². The maximum Gasteiger partial charge on any atom is 0.0306 e. The van der Waals surface area contributed by atoms with Crippen molar-refractivity contribution in [3.63, 3.8) is 0 Å². The van der Waals surface area contributed by atoms with Crippen molar-refractivity contribution >= 4 is 0 Å². The van der Waals surface area contributed by atoms with Crippen LogP contribution in [0.1, 0.15) is 39.0 Å². The molecule has 1 aliphatic heterocycles. The Labute approximate surface area is 88.1 Å². The summed E-state index contributed by atoms with van der Waals surface area (Å²) < 4.78 is 0. The fraction of sp³-hybridized carbons (Fsp3) is 1.00. The molecule has 2 nitrogen and oxygen atoms in total. The van der Waals surface area contributed by atoms with E-state index in [2.05, 4.69) is 24.2 Å². The zero-order valence-electron chi connectivity index (χ0n) is 9.68. The Hall–Kier alpha value is -0.0800. The van der Waals surface area contributed by atoms with Crippen LogP contribution in [-0.2, 0) is 0 Å². The zero-order chi connectivity index (χ0) is 10.0. The van der Waals surface area contributed by atoms with Crippen LogP contribution in [0.5, 0.6) is 0 Å². The number of hydrogen-bond donors (Lipinski definition) is 1. The molecule has 1 aliphatic carbocycles. The molecule has 1 saturated heterocycles. The summed E-state index contributed by atoms with van der Waals surface area (Å²) in [5.74, 6) is 0.915. The van der Waals surface area contributed by atoms with Crippen LogP contribution in [0.15, 0.2) is 0 Å². The third-order valence-corrected chi connectivity index (χ3v) is 4.11. The molecule has 0 bridgehead atoms. The number of piperidine rings is 1. The topological polar surface area (TPSA) is 15.3 Å². The van der Waals surface area contributed by atoms with Gasteiger partial charge < -0.3 is 10.2 Å². The Morgan fingerprint density at radius 1 is 1.36 bits per heavy atom. The Morgan fingerprint density at radius 2 is 2.14 bits per heavy atom. The van der Waals surface area contributed by atoms with Crippen molar-refractivity contribution in [2.45, 2.75) is 44.6 Å². The van der Waals surface area contributed by atoms with Gasteiger partial charge in [-0.05, 0) is 51.6 Å². The first-order chi connectivity index (χ1) is 6.74. The second-order valence-electron chi connectivity index (χ2n) is 5.37. The second-order valence-corrected chi connectivity index (χ2v) is 5.37. The Kier molecular flexibility index (Phi) is 3.13. The Morgan fingerprint density at radius 3 is 2.64 bits per heavy atom. The molecule has 1 N–H and O–H groups in total. The summed E-state index contributed by atoms with van der Waals surface area (Å²) in [6.45, 7) is 6.32. The molecule has 0 aromatic rings. The quantitative estimate of drug-likeness (QED) is 0.741. The van der Waals surface area contributed by atoms with Crippen molar-refractivity contribution in [1.29, 1.82) is 0 Å². The van der Waals surface area contributed by atoms with Crippen molar-refractivity contribution in [1.82, 2.24) is 10.2 Å². The maximum absolute atomic E-state index is 3.54. The van der Waals surface area contributed by atoms with E-state index in [4.69, 9.17) is 0 Å². The summed E-state index contributed by atoms with van der Waals surface area (Å²) in [6.07, 6.45) is 7.02. The Balaban J connectivity index is 1.83. The standard InChI is InChI=1S/C12H24N2/c1-11-5-3-8-14(9-11)10-12(13-2)6-4-7-12/h11,13H,3-10H2,1-2H3. The van der Waals surface area contributed by atoms with Crippen LogP contribution >= 0.6 is 0 Å². The second kappa shape index (κ2) is 4.19. The Bertz CT molecular complexity index is 181. The molecule has 2 aliphatic rings. The van der Waals surface area contributed by atoms with Gasteiger partial charge in [0.05, 0.1) is 0 Å². The minimum Gasteiger partial charge on any atom is -0.313 e. The van der Waals surface area contributed by atoms with E-state index in [1.807, 2.05) is 0 Å². The van der Waals surface area contributed by atoms with Gasteiger partial charge in [-0.25, -0.2) is 0 Å². The minimum atomic E-state index is 0.483. The molecule has 0 spiro atoms. The van der Waals surface area contributed by atoms with Gasteiger partial charge in [0.2, 0.25) is 0 Å². The molecule has 0 radical (unpaired) electrons. The molecular formula is C12H24N2. The predicted molar refractivity (Wildman–Crippen MR) is 60.5 cm³/mol. The summed E-state index contributed by atoms with van der Waals surface area (Å²) >= 11 is 0. The minimum absolute atomic E-state index is 0.483. The van der Waals surface area contributed by atoms with Gasteiger partial charge in [0.1, 0.15) is 0 Å². The van der Waals surface area contributed by atoms with Crippen LogP contribution in [0.3, 0.4) is 0 Å². The van der Waals surface area contributed by atoms with Gasteiger partial charge in [0.15, 0.2) is 0 Å². The first-order valence-corrected chi connectivity index (χ1v) is 6.15. The van der Waals surface area contributed by atoms with Crippen molar-refractivity contribution in [2.75, 3.05) is 26.7 Å². The normalized spacial score (nSPS) is 32.6. The van der Waals surface area contributed by atoms with E-state index >= 15 is 0 Å². The molecule has 0 amide bonds. The molecule has 2 fully saturated rings. The lowest BCUT2D eigenvalue weighted by atomic mass is 9.76. The van der Waals surface area contributed by atoms with Crippen molar-refractivity contribution in [2.24, 2.45) is 5.92 Å². The van der Waals surface area contributed by atoms with Crippen LogP contribution in [0.2, 0.25) is 0 Å². The number of nitrogens with zero attached hydrogens (tertiary/aromatic N) is 1. The lowest BCUT2D eigenvalue weighted by molar-refractivity contribution is 0.0875. The molecule has 0 aromatic carbocycles.